The van der Waals surface area contributed by atoms with Crippen LogP contribution in [-0.4, -0.2) is 15.2 Å². The number of aryl methyl sites for hydroxylation is 2. The summed E-state index contributed by atoms with van der Waals surface area (Å²) in [5.74, 6) is 1.56. The lowest BCUT2D eigenvalue weighted by molar-refractivity contribution is 1.04. The zero-order valence-electron chi connectivity index (χ0n) is 8.00. The molecule has 0 fully saturated rings. The summed E-state index contributed by atoms with van der Waals surface area (Å²) in [6.45, 7) is 3.94. The van der Waals surface area contributed by atoms with Crippen LogP contribution in [0.4, 0.5) is 0 Å². The molecule has 0 aliphatic rings. The normalized spacial score (nSPS) is 10.5. The molecule has 0 saturated heterocycles. The Labute approximate surface area is 90.7 Å². The highest BCUT2D eigenvalue weighted by molar-refractivity contribution is 9.10. The molecule has 0 aliphatic heterocycles. The number of nitrogens with one attached hydrogen (secondary N) is 1. The summed E-state index contributed by atoms with van der Waals surface area (Å²) < 4.78 is 1.02. The molecular formula is C10H10BrN3. The summed E-state index contributed by atoms with van der Waals surface area (Å²) in [6, 6.07) is 6.12. The summed E-state index contributed by atoms with van der Waals surface area (Å²) >= 11 is 3.48. The average Bonchev–Trinajstić information content (AvgIpc) is 2.56. The van der Waals surface area contributed by atoms with E-state index in [0.29, 0.717) is 0 Å². The molecule has 72 valence electrons. The Hall–Kier alpha value is -1.16. The van der Waals surface area contributed by atoms with Crippen molar-refractivity contribution in [2.45, 2.75) is 13.8 Å². The molecule has 0 amide bonds. The lowest BCUT2D eigenvalue weighted by atomic mass is 10.1. The third-order valence-corrected chi connectivity index (χ3v) is 2.65. The lowest BCUT2D eigenvalue weighted by Crippen LogP contribution is -1.84. The molecular weight excluding hydrogens is 242 g/mol. The maximum atomic E-state index is 4.29. The Bertz CT molecular complexity index is 462. The molecule has 0 atom stereocenters. The minimum Gasteiger partial charge on any atom is -0.263 e. The number of halogens is 1. The maximum absolute atomic E-state index is 4.29. The molecule has 1 N–H and O–H groups in total. The van der Waals surface area contributed by atoms with Gasteiger partial charge in [0.2, 0.25) is 0 Å². The van der Waals surface area contributed by atoms with Crippen LogP contribution in [0.15, 0.2) is 22.7 Å². The molecule has 0 bridgehead atoms. The first kappa shape index (κ1) is 9.40. The monoisotopic (exact) mass is 251 g/mol. The van der Waals surface area contributed by atoms with E-state index in [1.54, 1.807) is 0 Å². The summed E-state index contributed by atoms with van der Waals surface area (Å²) in [6.07, 6.45) is 0. The van der Waals surface area contributed by atoms with Crippen molar-refractivity contribution in [2.75, 3.05) is 0 Å². The Balaban J connectivity index is 2.55. The quantitative estimate of drug-likeness (QED) is 0.847. The number of benzene rings is 1. The predicted octanol–water partition coefficient (Wildman–Crippen LogP) is 2.85. The van der Waals surface area contributed by atoms with Crippen LogP contribution < -0.4 is 0 Å². The Morgan fingerprint density at radius 2 is 2.07 bits per heavy atom. The van der Waals surface area contributed by atoms with Crippen LogP contribution in [-0.2, 0) is 0 Å². The smallest absolute Gasteiger partial charge is 0.182 e. The lowest BCUT2D eigenvalue weighted by Gasteiger charge is -2.00. The molecule has 1 aromatic carbocycles. The van der Waals surface area contributed by atoms with Gasteiger partial charge in [-0.25, -0.2) is 4.98 Å². The van der Waals surface area contributed by atoms with Crippen LogP contribution in [0.25, 0.3) is 11.4 Å². The molecule has 14 heavy (non-hydrogen) atoms. The van der Waals surface area contributed by atoms with Crippen molar-refractivity contribution < 1.29 is 0 Å². The molecule has 2 rings (SSSR count). The highest BCUT2D eigenvalue weighted by Gasteiger charge is 2.07. The molecule has 0 aliphatic carbocycles. The van der Waals surface area contributed by atoms with Gasteiger partial charge in [-0.15, -0.1) is 0 Å². The largest absolute Gasteiger partial charge is 0.263 e. The van der Waals surface area contributed by atoms with Crippen molar-refractivity contribution in [3.05, 3.63) is 34.1 Å². The van der Waals surface area contributed by atoms with E-state index in [-0.39, 0.29) is 0 Å². The SMILES string of the molecule is Cc1ccc(Br)c(-c2n[nH]c(C)n2)c1. The van der Waals surface area contributed by atoms with Crippen molar-refractivity contribution in [1.82, 2.24) is 15.2 Å². The Morgan fingerprint density at radius 1 is 1.29 bits per heavy atom. The molecule has 2 aromatic rings. The third-order valence-electron chi connectivity index (χ3n) is 1.96. The fourth-order valence-corrected chi connectivity index (χ4v) is 1.70. The highest BCUT2D eigenvalue weighted by Crippen LogP contribution is 2.26. The van der Waals surface area contributed by atoms with Gasteiger partial charge in [0.15, 0.2) is 5.82 Å². The van der Waals surface area contributed by atoms with Crippen LogP contribution in [0.1, 0.15) is 11.4 Å². The number of hydrogen-bond donors (Lipinski definition) is 1. The third kappa shape index (κ3) is 1.70. The van der Waals surface area contributed by atoms with Crippen LogP contribution in [0.2, 0.25) is 0 Å². The fourth-order valence-electron chi connectivity index (χ4n) is 1.27. The van der Waals surface area contributed by atoms with E-state index in [9.17, 15) is 0 Å². The molecule has 0 radical (unpaired) electrons. The molecule has 1 aromatic heterocycles. The first-order valence-electron chi connectivity index (χ1n) is 4.32. The first-order chi connectivity index (χ1) is 6.66. The van der Waals surface area contributed by atoms with Crippen molar-refractivity contribution in [2.24, 2.45) is 0 Å². The van der Waals surface area contributed by atoms with Crippen LogP contribution in [0.5, 0.6) is 0 Å². The summed E-state index contributed by atoms with van der Waals surface area (Å²) in [5.41, 5.74) is 2.22. The number of rotatable bonds is 1. The first-order valence-corrected chi connectivity index (χ1v) is 5.11. The zero-order chi connectivity index (χ0) is 10.1. The summed E-state index contributed by atoms with van der Waals surface area (Å²) in [4.78, 5) is 4.29. The number of aromatic nitrogens is 3. The van der Waals surface area contributed by atoms with Crippen molar-refractivity contribution in [3.63, 3.8) is 0 Å². The molecule has 0 saturated carbocycles. The van der Waals surface area contributed by atoms with Gasteiger partial charge in [0, 0.05) is 10.0 Å². The van der Waals surface area contributed by atoms with Crippen LogP contribution in [0.3, 0.4) is 0 Å². The van der Waals surface area contributed by atoms with Crippen molar-refractivity contribution in [3.8, 4) is 11.4 Å². The van der Waals surface area contributed by atoms with Gasteiger partial charge < -0.3 is 0 Å². The van der Waals surface area contributed by atoms with E-state index in [2.05, 4.69) is 44.1 Å². The number of hydrogen-bond acceptors (Lipinski definition) is 2. The molecule has 4 heteroatoms. The second kappa shape index (κ2) is 3.53. The second-order valence-electron chi connectivity index (χ2n) is 3.23. The van der Waals surface area contributed by atoms with E-state index >= 15 is 0 Å². The fraction of sp³-hybridized carbons (Fsp3) is 0.200. The van der Waals surface area contributed by atoms with Gasteiger partial charge >= 0.3 is 0 Å². The van der Waals surface area contributed by atoms with Gasteiger partial charge in [0.1, 0.15) is 5.82 Å². The van der Waals surface area contributed by atoms with Gasteiger partial charge in [-0.2, -0.15) is 5.10 Å². The number of aromatic amines is 1. The average molecular weight is 252 g/mol. The predicted molar refractivity (Wildman–Crippen MR) is 59.0 cm³/mol. The topological polar surface area (TPSA) is 41.6 Å². The summed E-state index contributed by atoms with van der Waals surface area (Å²) in [5, 5.41) is 6.95. The molecule has 3 nitrogen and oxygen atoms in total. The Kier molecular flexibility index (Phi) is 2.37. The van der Waals surface area contributed by atoms with Gasteiger partial charge in [0.05, 0.1) is 0 Å². The molecule has 0 spiro atoms. The van der Waals surface area contributed by atoms with E-state index in [1.165, 1.54) is 5.56 Å². The van der Waals surface area contributed by atoms with Crippen LogP contribution >= 0.6 is 15.9 Å². The highest BCUT2D eigenvalue weighted by atomic mass is 79.9. The summed E-state index contributed by atoms with van der Waals surface area (Å²) in [7, 11) is 0. The zero-order valence-corrected chi connectivity index (χ0v) is 9.59. The van der Waals surface area contributed by atoms with E-state index in [0.717, 1.165) is 21.7 Å². The van der Waals surface area contributed by atoms with E-state index in [4.69, 9.17) is 0 Å². The minimum absolute atomic E-state index is 0.734. The molecule has 1 heterocycles. The van der Waals surface area contributed by atoms with E-state index < -0.39 is 0 Å². The van der Waals surface area contributed by atoms with E-state index in [1.807, 2.05) is 19.1 Å². The maximum Gasteiger partial charge on any atom is 0.182 e. The number of nitrogens with zero attached hydrogens (tertiary/aromatic N) is 2. The van der Waals surface area contributed by atoms with Crippen molar-refractivity contribution >= 4 is 15.9 Å². The van der Waals surface area contributed by atoms with Crippen molar-refractivity contribution in [1.29, 1.82) is 0 Å². The van der Waals surface area contributed by atoms with Gasteiger partial charge in [-0.1, -0.05) is 27.6 Å². The van der Waals surface area contributed by atoms with Gasteiger partial charge in [-0.3, -0.25) is 5.10 Å². The van der Waals surface area contributed by atoms with Crippen LogP contribution in [0, 0.1) is 13.8 Å². The Morgan fingerprint density at radius 3 is 2.71 bits per heavy atom. The van der Waals surface area contributed by atoms with Gasteiger partial charge in [0.25, 0.3) is 0 Å². The standard InChI is InChI=1S/C10H10BrN3/c1-6-3-4-9(11)8(5-6)10-12-7(2)13-14-10/h3-5H,1-2H3,(H,12,13,14). The molecule has 0 unspecified atom stereocenters. The minimum atomic E-state index is 0.734. The number of H-pyrrole nitrogens is 1. The second-order valence-corrected chi connectivity index (χ2v) is 4.08. The van der Waals surface area contributed by atoms with Gasteiger partial charge in [-0.05, 0) is 26.0 Å².